The van der Waals surface area contributed by atoms with E-state index in [1.165, 1.54) is 24.3 Å². The minimum Gasteiger partial charge on any atom is -0.375 e. The molecule has 21 heavy (non-hydrogen) atoms. The van der Waals surface area contributed by atoms with Gasteiger partial charge in [0, 0.05) is 17.0 Å². The van der Waals surface area contributed by atoms with E-state index >= 15 is 0 Å². The van der Waals surface area contributed by atoms with E-state index in [2.05, 4.69) is 0 Å². The SMILES string of the molecule is CC1CN(C(=O)c2ccc(SC(F)(F)F)cc2)C(C)CO1. The lowest BCUT2D eigenvalue weighted by atomic mass is 10.1. The molecule has 0 radical (unpaired) electrons. The molecule has 1 amide bonds. The molecule has 0 bridgehead atoms. The Morgan fingerprint density at radius 3 is 2.48 bits per heavy atom. The number of carbonyl (C=O) groups excluding carboxylic acids is 1. The highest BCUT2D eigenvalue weighted by Gasteiger charge is 2.30. The molecular weight excluding hydrogens is 303 g/mol. The number of ether oxygens (including phenoxy) is 1. The van der Waals surface area contributed by atoms with Crippen LogP contribution in [0, 0.1) is 0 Å². The summed E-state index contributed by atoms with van der Waals surface area (Å²) in [5.74, 6) is -0.179. The quantitative estimate of drug-likeness (QED) is 0.781. The van der Waals surface area contributed by atoms with Crippen molar-refractivity contribution in [2.75, 3.05) is 13.2 Å². The van der Waals surface area contributed by atoms with Crippen molar-refractivity contribution in [1.82, 2.24) is 4.90 Å². The molecule has 0 N–H and O–H groups in total. The van der Waals surface area contributed by atoms with E-state index in [1.54, 1.807) is 4.90 Å². The average molecular weight is 319 g/mol. The van der Waals surface area contributed by atoms with Crippen LogP contribution in [0.15, 0.2) is 29.2 Å². The molecule has 1 fully saturated rings. The summed E-state index contributed by atoms with van der Waals surface area (Å²) in [6, 6.07) is 5.46. The first-order valence-corrected chi connectivity index (χ1v) is 7.36. The predicted molar refractivity (Wildman–Crippen MR) is 74.3 cm³/mol. The van der Waals surface area contributed by atoms with Crippen LogP contribution in [0.4, 0.5) is 13.2 Å². The highest BCUT2D eigenvalue weighted by atomic mass is 32.2. The van der Waals surface area contributed by atoms with Gasteiger partial charge in [-0.25, -0.2) is 0 Å². The minimum atomic E-state index is -4.32. The number of carbonyl (C=O) groups is 1. The van der Waals surface area contributed by atoms with Gasteiger partial charge in [-0.3, -0.25) is 4.79 Å². The fourth-order valence-corrected chi connectivity index (χ4v) is 2.69. The number of halogens is 3. The van der Waals surface area contributed by atoms with Crippen LogP contribution in [0.2, 0.25) is 0 Å². The van der Waals surface area contributed by atoms with Crippen molar-refractivity contribution in [1.29, 1.82) is 0 Å². The zero-order valence-corrected chi connectivity index (χ0v) is 12.5. The van der Waals surface area contributed by atoms with Crippen molar-refractivity contribution in [3.8, 4) is 0 Å². The highest BCUT2D eigenvalue weighted by molar-refractivity contribution is 8.00. The Hall–Kier alpha value is -1.21. The Labute approximate surface area is 125 Å². The first kappa shape index (κ1) is 16.2. The van der Waals surface area contributed by atoms with Crippen LogP contribution in [-0.4, -0.2) is 41.6 Å². The monoisotopic (exact) mass is 319 g/mol. The van der Waals surface area contributed by atoms with Gasteiger partial charge in [0.05, 0.1) is 18.8 Å². The molecule has 3 nitrogen and oxygen atoms in total. The Morgan fingerprint density at radius 2 is 1.90 bits per heavy atom. The zero-order valence-electron chi connectivity index (χ0n) is 11.7. The third-order valence-corrected chi connectivity index (χ3v) is 3.94. The maximum atomic E-state index is 12.4. The summed E-state index contributed by atoms with van der Waals surface area (Å²) in [5.41, 5.74) is -3.93. The van der Waals surface area contributed by atoms with Crippen molar-refractivity contribution in [3.63, 3.8) is 0 Å². The summed E-state index contributed by atoms with van der Waals surface area (Å²) in [6.45, 7) is 4.72. The van der Waals surface area contributed by atoms with Crippen LogP contribution in [0.3, 0.4) is 0 Å². The number of hydrogen-bond donors (Lipinski definition) is 0. The van der Waals surface area contributed by atoms with Crippen LogP contribution in [0.25, 0.3) is 0 Å². The number of rotatable bonds is 2. The lowest BCUT2D eigenvalue weighted by Crippen LogP contribution is -2.50. The molecule has 0 aromatic heterocycles. The van der Waals surface area contributed by atoms with Gasteiger partial charge in [0.2, 0.25) is 0 Å². The molecule has 2 rings (SSSR count). The smallest absolute Gasteiger partial charge is 0.375 e. The number of morpholine rings is 1. The van der Waals surface area contributed by atoms with E-state index in [0.29, 0.717) is 18.7 Å². The van der Waals surface area contributed by atoms with E-state index in [1.807, 2.05) is 13.8 Å². The molecule has 0 spiro atoms. The second-order valence-corrected chi connectivity index (χ2v) is 6.16. The molecule has 0 saturated carbocycles. The topological polar surface area (TPSA) is 29.5 Å². The van der Waals surface area contributed by atoms with Crippen molar-refractivity contribution >= 4 is 17.7 Å². The first-order valence-electron chi connectivity index (χ1n) is 6.54. The predicted octanol–water partition coefficient (Wildman–Crippen LogP) is 3.55. The minimum absolute atomic E-state index is 0.0368. The normalized spacial score (nSPS) is 23.2. The summed E-state index contributed by atoms with van der Waals surface area (Å²) < 4.78 is 42.2. The molecule has 0 aliphatic carbocycles. The number of thioether (sulfide) groups is 1. The van der Waals surface area contributed by atoms with E-state index in [4.69, 9.17) is 4.74 Å². The Morgan fingerprint density at radius 1 is 1.29 bits per heavy atom. The molecule has 1 aromatic carbocycles. The Bertz CT molecular complexity index is 504. The fourth-order valence-electron chi connectivity index (χ4n) is 2.15. The van der Waals surface area contributed by atoms with Crippen LogP contribution in [0.5, 0.6) is 0 Å². The zero-order chi connectivity index (χ0) is 15.6. The van der Waals surface area contributed by atoms with Gasteiger partial charge in [-0.2, -0.15) is 13.2 Å². The molecule has 7 heteroatoms. The summed E-state index contributed by atoms with van der Waals surface area (Å²) >= 11 is -0.187. The van der Waals surface area contributed by atoms with Gasteiger partial charge in [0.1, 0.15) is 0 Å². The number of amides is 1. The van der Waals surface area contributed by atoms with Crippen molar-refractivity contribution < 1.29 is 22.7 Å². The van der Waals surface area contributed by atoms with E-state index in [9.17, 15) is 18.0 Å². The number of alkyl halides is 3. The van der Waals surface area contributed by atoms with Crippen LogP contribution in [0.1, 0.15) is 24.2 Å². The summed E-state index contributed by atoms with van der Waals surface area (Å²) in [6.07, 6.45) is -0.0368. The third-order valence-electron chi connectivity index (χ3n) is 3.20. The molecule has 1 heterocycles. The van der Waals surface area contributed by atoms with Crippen molar-refractivity contribution in [2.24, 2.45) is 0 Å². The lowest BCUT2D eigenvalue weighted by Gasteiger charge is -2.36. The molecular formula is C14H16F3NO2S. The van der Waals surface area contributed by atoms with Crippen molar-refractivity contribution in [2.45, 2.75) is 36.4 Å². The molecule has 1 saturated heterocycles. The lowest BCUT2D eigenvalue weighted by molar-refractivity contribution is -0.0387. The average Bonchev–Trinajstić information content (AvgIpc) is 2.40. The molecule has 2 unspecified atom stereocenters. The maximum absolute atomic E-state index is 12.4. The second kappa shape index (κ2) is 6.27. The number of nitrogens with zero attached hydrogens (tertiary/aromatic N) is 1. The van der Waals surface area contributed by atoms with Gasteiger partial charge < -0.3 is 9.64 Å². The Balaban J connectivity index is 2.09. The largest absolute Gasteiger partial charge is 0.446 e. The molecule has 1 aromatic rings. The summed E-state index contributed by atoms with van der Waals surface area (Å²) in [5, 5.41) is 0. The van der Waals surface area contributed by atoms with Crippen LogP contribution < -0.4 is 0 Å². The fraction of sp³-hybridized carbons (Fsp3) is 0.500. The standard InChI is InChI=1S/C14H16F3NO2S/c1-9-8-20-10(2)7-18(9)13(19)11-3-5-12(6-4-11)21-14(15,16)17/h3-6,9-10H,7-8H2,1-2H3. The van der Waals surface area contributed by atoms with Gasteiger partial charge in [0.15, 0.2) is 0 Å². The van der Waals surface area contributed by atoms with Crippen molar-refractivity contribution in [3.05, 3.63) is 29.8 Å². The number of benzene rings is 1. The van der Waals surface area contributed by atoms with Crippen LogP contribution >= 0.6 is 11.8 Å². The van der Waals surface area contributed by atoms with E-state index in [0.717, 1.165) is 0 Å². The van der Waals surface area contributed by atoms with Crippen LogP contribution in [-0.2, 0) is 4.74 Å². The summed E-state index contributed by atoms with van der Waals surface area (Å²) in [4.78, 5) is 14.2. The molecule has 2 atom stereocenters. The summed E-state index contributed by atoms with van der Waals surface area (Å²) in [7, 11) is 0. The van der Waals surface area contributed by atoms with Gasteiger partial charge in [-0.15, -0.1) is 0 Å². The molecule has 116 valence electrons. The highest BCUT2D eigenvalue weighted by Crippen LogP contribution is 2.36. The van der Waals surface area contributed by atoms with E-state index < -0.39 is 5.51 Å². The third kappa shape index (κ3) is 4.38. The second-order valence-electron chi connectivity index (χ2n) is 5.02. The molecule has 1 aliphatic heterocycles. The van der Waals surface area contributed by atoms with Gasteiger partial charge in [0.25, 0.3) is 5.91 Å². The molecule has 1 aliphatic rings. The van der Waals surface area contributed by atoms with E-state index in [-0.39, 0.29) is 34.7 Å². The van der Waals surface area contributed by atoms with Gasteiger partial charge in [-0.05, 0) is 49.9 Å². The number of hydrogen-bond acceptors (Lipinski definition) is 3. The van der Waals surface area contributed by atoms with Gasteiger partial charge >= 0.3 is 5.51 Å². The first-order chi connectivity index (χ1) is 9.76. The van der Waals surface area contributed by atoms with Gasteiger partial charge in [-0.1, -0.05) is 0 Å². The maximum Gasteiger partial charge on any atom is 0.446 e. The Kier molecular flexibility index (Phi) is 4.83.